The SMILES string of the molecule is CCOC(=O)c1c(C)[nH]c(C(=O)COC(=O)/C=C/c2ccc([N+](=O)[O-])cc2)c1C. The van der Waals surface area contributed by atoms with Gasteiger partial charge in [-0.3, -0.25) is 14.9 Å². The number of aromatic amines is 1. The first-order valence-corrected chi connectivity index (χ1v) is 8.73. The Hall–Kier alpha value is -3.75. The Balaban J connectivity index is 1.98. The molecule has 1 aromatic heterocycles. The van der Waals surface area contributed by atoms with Gasteiger partial charge in [0.2, 0.25) is 5.78 Å². The van der Waals surface area contributed by atoms with E-state index in [9.17, 15) is 24.5 Å². The molecule has 0 spiro atoms. The molecule has 2 aromatic rings. The van der Waals surface area contributed by atoms with Gasteiger partial charge < -0.3 is 14.5 Å². The molecular weight excluding hydrogens is 380 g/mol. The standard InChI is InChI=1S/C20H20N2O7/c1-4-28-20(25)18-12(2)19(21-13(18)3)16(23)11-29-17(24)10-7-14-5-8-15(9-6-14)22(26)27/h5-10,21H,4,11H2,1-3H3/b10-7+. The van der Waals surface area contributed by atoms with Crippen molar-refractivity contribution in [2.75, 3.05) is 13.2 Å². The number of nitro benzene ring substituents is 1. The van der Waals surface area contributed by atoms with E-state index < -0.39 is 29.3 Å². The summed E-state index contributed by atoms with van der Waals surface area (Å²) >= 11 is 0. The Morgan fingerprint density at radius 3 is 2.38 bits per heavy atom. The third-order valence-electron chi connectivity index (χ3n) is 4.06. The minimum Gasteiger partial charge on any atom is -0.462 e. The molecule has 0 atom stereocenters. The highest BCUT2D eigenvalue weighted by Gasteiger charge is 2.23. The van der Waals surface area contributed by atoms with Gasteiger partial charge in [-0.05, 0) is 50.1 Å². The molecule has 0 fully saturated rings. The summed E-state index contributed by atoms with van der Waals surface area (Å²) in [6, 6.07) is 5.59. The quantitative estimate of drug-likeness (QED) is 0.237. The molecule has 1 aromatic carbocycles. The number of Topliss-reactive ketones (excluding diaryl/α,β-unsaturated/α-hetero) is 1. The first-order valence-electron chi connectivity index (χ1n) is 8.73. The van der Waals surface area contributed by atoms with E-state index in [-0.39, 0.29) is 18.0 Å². The second-order valence-electron chi connectivity index (χ2n) is 6.06. The van der Waals surface area contributed by atoms with Crippen molar-refractivity contribution in [3.63, 3.8) is 0 Å². The second kappa shape index (κ2) is 9.45. The van der Waals surface area contributed by atoms with Crippen LogP contribution in [0.1, 0.15) is 44.6 Å². The summed E-state index contributed by atoms with van der Waals surface area (Å²) in [6.07, 6.45) is 2.53. The molecule has 29 heavy (non-hydrogen) atoms. The smallest absolute Gasteiger partial charge is 0.340 e. The third kappa shape index (κ3) is 5.38. The van der Waals surface area contributed by atoms with E-state index in [2.05, 4.69) is 4.98 Å². The predicted octanol–water partition coefficient (Wildman–Crippen LogP) is 3.16. The number of carbonyl (C=O) groups is 3. The van der Waals surface area contributed by atoms with Crippen LogP contribution < -0.4 is 0 Å². The van der Waals surface area contributed by atoms with Gasteiger partial charge in [0.15, 0.2) is 6.61 Å². The van der Waals surface area contributed by atoms with Crippen LogP contribution in [0.15, 0.2) is 30.3 Å². The van der Waals surface area contributed by atoms with E-state index in [1.165, 1.54) is 30.3 Å². The summed E-state index contributed by atoms with van der Waals surface area (Å²) in [5.41, 5.74) is 1.90. The Kier molecular flexibility index (Phi) is 7.02. The van der Waals surface area contributed by atoms with Gasteiger partial charge in [-0.2, -0.15) is 0 Å². The minimum absolute atomic E-state index is 0.0610. The lowest BCUT2D eigenvalue weighted by molar-refractivity contribution is -0.384. The first-order chi connectivity index (χ1) is 13.7. The van der Waals surface area contributed by atoms with Crippen molar-refractivity contribution in [3.8, 4) is 0 Å². The van der Waals surface area contributed by atoms with Crippen molar-refractivity contribution >= 4 is 29.5 Å². The number of hydrogen-bond donors (Lipinski definition) is 1. The normalized spacial score (nSPS) is 10.7. The Labute approximate surface area is 166 Å². The zero-order chi connectivity index (χ0) is 21.6. The predicted molar refractivity (Wildman–Crippen MR) is 104 cm³/mol. The molecular formula is C20H20N2O7. The van der Waals surface area contributed by atoms with Crippen LogP contribution >= 0.6 is 0 Å². The number of benzene rings is 1. The highest BCUT2D eigenvalue weighted by molar-refractivity contribution is 6.03. The van der Waals surface area contributed by atoms with Crippen LogP contribution in [0.5, 0.6) is 0 Å². The van der Waals surface area contributed by atoms with Gasteiger partial charge in [-0.25, -0.2) is 9.59 Å². The lowest BCUT2D eigenvalue weighted by Crippen LogP contribution is -2.14. The van der Waals surface area contributed by atoms with Crippen molar-refractivity contribution in [1.82, 2.24) is 4.98 Å². The number of hydrogen-bond acceptors (Lipinski definition) is 7. The number of aromatic nitrogens is 1. The van der Waals surface area contributed by atoms with Crippen molar-refractivity contribution in [2.24, 2.45) is 0 Å². The first kappa shape index (κ1) is 21.5. The second-order valence-corrected chi connectivity index (χ2v) is 6.06. The maximum atomic E-state index is 12.3. The maximum absolute atomic E-state index is 12.3. The van der Waals surface area contributed by atoms with Gasteiger partial charge in [-0.1, -0.05) is 0 Å². The number of ether oxygens (including phenoxy) is 2. The molecule has 0 radical (unpaired) electrons. The molecule has 152 valence electrons. The molecule has 1 heterocycles. The van der Waals surface area contributed by atoms with Crippen LogP contribution in [0, 0.1) is 24.0 Å². The number of carbonyl (C=O) groups excluding carboxylic acids is 3. The van der Waals surface area contributed by atoms with Crippen LogP contribution in [0.25, 0.3) is 6.08 Å². The number of rotatable bonds is 8. The minimum atomic E-state index is -0.747. The van der Waals surface area contributed by atoms with E-state index in [1.807, 2.05) is 0 Å². The topological polar surface area (TPSA) is 129 Å². The Morgan fingerprint density at radius 1 is 1.14 bits per heavy atom. The molecule has 2 rings (SSSR count). The summed E-state index contributed by atoms with van der Waals surface area (Å²) in [6.45, 7) is 4.65. The number of nitrogens with zero attached hydrogens (tertiary/aromatic N) is 1. The third-order valence-corrected chi connectivity index (χ3v) is 4.06. The number of non-ortho nitro benzene ring substituents is 1. The molecule has 0 bridgehead atoms. The molecule has 0 saturated heterocycles. The molecule has 0 aliphatic rings. The monoisotopic (exact) mass is 400 g/mol. The fourth-order valence-corrected chi connectivity index (χ4v) is 2.67. The lowest BCUT2D eigenvalue weighted by atomic mass is 10.1. The van der Waals surface area contributed by atoms with E-state index in [4.69, 9.17) is 9.47 Å². The average Bonchev–Trinajstić information content (AvgIpc) is 2.99. The van der Waals surface area contributed by atoms with Crippen LogP contribution in [0.2, 0.25) is 0 Å². The largest absolute Gasteiger partial charge is 0.462 e. The van der Waals surface area contributed by atoms with Crippen LogP contribution in [-0.2, 0) is 14.3 Å². The van der Waals surface area contributed by atoms with Gasteiger partial charge in [0.25, 0.3) is 5.69 Å². The van der Waals surface area contributed by atoms with Crippen LogP contribution in [-0.4, -0.2) is 40.8 Å². The summed E-state index contributed by atoms with van der Waals surface area (Å²) in [7, 11) is 0. The van der Waals surface area contributed by atoms with E-state index in [0.717, 1.165) is 6.08 Å². The Morgan fingerprint density at radius 2 is 1.79 bits per heavy atom. The summed E-state index contributed by atoms with van der Waals surface area (Å²) in [4.78, 5) is 49.1. The van der Waals surface area contributed by atoms with Gasteiger partial charge in [0.1, 0.15) is 0 Å². The summed E-state index contributed by atoms with van der Waals surface area (Å²) in [5.74, 6) is -1.76. The van der Waals surface area contributed by atoms with Gasteiger partial charge in [-0.15, -0.1) is 0 Å². The number of aryl methyl sites for hydroxylation is 1. The zero-order valence-electron chi connectivity index (χ0n) is 16.2. The average molecular weight is 400 g/mol. The zero-order valence-corrected chi connectivity index (χ0v) is 16.2. The van der Waals surface area contributed by atoms with Crippen molar-refractivity contribution in [2.45, 2.75) is 20.8 Å². The highest BCUT2D eigenvalue weighted by Crippen LogP contribution is 2.19. The van der Waals surface area contributed by atoms with Crippen LogP contribution in [0.3, 0.4) is 0 Å². The fourth-order valence-electron chi connectivity index (χ4n) is 2.67. The Bertz CT molecular complexity index is 971. The van der Waals surface area contributed by atoms with Crippen molar-refractivity contribution in [1.29, 1.82) is 0 Å². The fraction of sp³-hybridized carbons (Fsp3) is 0.250. The summed E-state index contributed by atoms with van der Waals surface area (Å²) < 4.78 is 9.91. The molecule has 0 aliphatic carbocycles. The lowest BCUT2D eigenvalue weighted by Gasteiger charge is -2.03. The van der Waals surface area contributed by atoms with Crippen LogP contribution in [0.4, 0.5) is 5.69 Å². The van der Waals surface area contributed by atoms with E-state index >= 15 is 0 Å². The maximum Gasteiger partial charge on any atom is 0.340 e. The molecule has 0 amide bonds. The number of nitro groups is 1. The molecule has 1 N–H and O–H groups in total. The van der Waals surface area contributed by atoms with E-state index in [0.29, 0.717) is 22.4 Å². The van der Waals surface area contributed by atoms with E-state index in [1.54, 1.807) is 20.8 Å². The number of ketones is 1. The molecule has 0 saturated carbocycles. The number of esters is 2. The number of H-pyrrole nitrogens is 1. The molecule has 0 aliphatic heterocycles. The summed E-state index contributed by atoms with van der Waals surface area (Å²) in [5, 5.41) is 10.6. The molecule has 9 heteroatoms. The highest BCUT2D eigenvalue weighted by atomic mass is 16.6. The number of nitrogens with one attached hydrogen (secondary N) is 1. The molecule has 9 nitrogen and oxygen atoms in total. The molecule has 0 unspecified atom stereocenters. The van der Waals surface area contributed by atoms with Gasteiger partial charge in [0, 0.05) is 23.9 Å². The van der Waals surface area contributed by atoms with Gasteiger partial charge in [0.05, 0.1) is 22.8 Å². The van der Waals surface area contributed by atoms with Crippen molar-refractivity contribution in [3.05, 3.63) is 68.5 Å². The van der Waals surface area contributed by atoms with Crippen molar-refractivity contribution < 1.29 is 28.8 Å². The van der Waals surface area contributed by atoms with Gasteiger partial charge >= 0.3 is 11.9 Å².